The second-order valence-electron chi connectivity index (χ2n) is 3.09. The number of hydrogen-bond donors (Lipinski definition) is 2. The Morgan fingerprint density at radius 1 is 1.29 bits per heavy atom. The second kappa shape index (κ2) is 4.69. The maximum atomic E-state index is 9.70. The lowest BCUT2D eigenvalue weighted by atomic mass is 10.0. The number of hydrogen-bond acceptors (Lipinski definition) is 2. The summed E-state index contributed by atoms with van der Waals surface area (Å²) < 4.78 is 0. The van der Waals surface area contributed by atoms with E-state index in [1.807, 2.05) is 0 Å². The minimum Gasteiger partial charge on any atom is -0.387 e. The third-order valence-corrected chi connectivity index (χ3v) is 2.87. The third kappa shape index (κ3) is 2.53. The first kappa shape index (κ1) is 12.1. The standard InChI is InChI=1S/C9H10Cl3NO/c1-4(13)9(14)6-2-5(10)3-7(11)8(6)12/h2-4,9,14H,13H2,1H3/t4-,9-/m0/s1. The average Bonchev–Trinajstić information content (AvgIpc) is 2.09. The van der Waals surface area contributed by atoms with Crippen LogP contribution in [-0.4, -0.2) is 11.1 Å². The highest BCUT2D eigenvalue weighted by atomic mass is 35.5. The van der Waals surface area contributed by atoms with E-state index in [-0.39, 0.29) is 0 Å². The van der Waals surface area contributed by atoms with Gasteiger partial charge in [-0.05, 0) is 19.1 Å². The molecule has 0 aliphatic carbocycles. The van der Waals surface area contributed by atoms with Gasteiger partial charge in [-0.15, -0.1) is 0 Å². The highest BCUT2D eigenvalue weighted by Gasteiger charge is 2.18. The van der Waals surface area contributed by atoms with Gasteiger partial charge in [0.2, 0.25) is 0 Å². The predicted octanol–water partition coefficient (Wildman–Crippen LogP) is 3.03. The SMILES string of the molecule is C[C@H](N)[C@H](O)c1cc(Cl)cc(Cl)c1Cl. The van der Waals surface area contributed by atoms with Crippen molar-refractivity contribution in [1.82, 2.24) is 0 Å². The summed E-state index contributed by atoms with van der Waals surface area (Å²) in [7, 11) is 0. The van der Waals surface area contributed by atoms with Gasteiger partial charge in [0.25, 0.3) is 0 Å². The fraction of sp³-hybridized carbons (Fsp3) is 0.333. The zero-order chi connectivity index (χ0) is 10.9. The fourth-order valence-electron chi connectivity index (χ4n) is 1.07. The van der Waals surface area contributed by atoms with Crippen LogP contribution in [0.25, 0.3) is 0 Å². The molecule has 0 saturated carbocycles. The normalized spacial score (nSPS) is 15.3. The molecule has 0 bridgehead atoms. The van der Waals surface area contributed by atoms with Crippen LogP contribution in [0.4, 0.5) is 0 Å². The predicted molar refractivity (Wildman–Crippen MR) is 60.1 cm³/mol. The van der Waals surface area contributed by atoms with Crippen LogP contribution in [0.1, 0.15) is 18.6 Å². The van der Waals surface area contributed by atoms with Crippen LogP contribution in [0.5, 0.6) is 0 Å². The lowest BCUT2D eigenvalue weighted by Crippen LogP contribution is -2.24. The Labute approximate surface area is 97.6 Å². The first-order chi connectivity index (χ1) is 6.43. The van der Waals surface area contributed by atoms with Crippen molar-refractivity contribution in [3.8, 4) is 0 Å². The maximum Gasteiger partial charge on any atom is 0.0953 e. The second-order valence-corrected chi connectivity index (χ2v) is 4.32. The van der Waals surface area contributed by atoms with Gasteiger partial charge in [-0.3, -0.25) is 0 Å². The molecule has 2 atom stereocenters. The Hall–Kier alpha value is 0.01000. The van der Waals surface area contributed by atoms with Crippen LogP contribution >= 0.6 is 34.8 Å². The summed E-state index contributed by atoms with van der Waals surface area (Å²) >= 11 is 17.5. The van der Waals surface area contributed by atoms with E-state index in [0.717, 1.165) is 0 Å². The molecule has 1 rings (SSSR count). The Morgan fingerprint density at radius 3 is 2.36 bits per heavy atom. The first-order valence-electron chi connectivity index (χ1n) is 4.01. The molecule has 0 amide bonds. The van der Waals surface area contributed by atoms with Crippen molar-refractivity contribution >= 4 is 34.8 Å². The van der Waals surface area contributed by atoms with Gasteiger partial charge < -0.3 is 10.8 Å². The molecule has 78 valence electrons. The summed E-state index contributed by atoms with van der Waals surface area (Å²) in [4.78, 5) is 0. The van der Waals surface area contributed by atoms with Crippen LogP contribution in [-0.2, 0) is 0 Å². The van der Waals surface area contributed by atoms with Crippen LogP contribution in [0, 0.1) is 0 Å². The molecule has 14 heavy (non-hydrogen) atoms. The van der Waals surface area contributed by atoms with Crippen LogP contribution < -0.4 is 5.73 Å². The van der Waals surface area contributed by atoms with Gasteiger partial charge in [0.05, 0.1) is 16.1 Å². The van der Waals surface area contributed by atoms with Gasteiger partial charge in [-0.25, -0.2) is 0 Å². The number of rotatable bonds is 2. The van der Waals surface area contributed by atoms with Gasteiger partial charge >= 0.3 is 0 Å². The van der Waals surface area contributed by atoms with Gasteiger partial charge in [0.15, 0.2) is 0 Å². The van der Waals surface area contributed by atoms with Crippen molar-refractivity contribution in [2.45, 2.75) is 19.1 Å². The lowest BCUT2D eigenvalue weighted by Gasteiger charge is -2.17. The zero-order valence-electron chi connectivity index (χ0n) is 7.47. The monoisotopic (exact) mass is 253 g/mol. The Kier molecular flexibility index (Phi) is 4.04. The van der Waals surface area contributed by atoms with Gasteiger partial charge in [-0.2, -0.15) is 0 Å². The Balaban J connectivity index is 3.20. The number of aliphatic hydroxyl groups is 1. The molecule has 0 fully saturated rings. The number of nitrogens with two attached hydrogens (primary N) is 1. The lowest BCUT2D eigenvalue weighted by molar-refractivity contribution is 0.153. The quantitative estimate of drug-likeness (QED) is 0.797. The van der Waals surface area contributed by atoms with E-state index in [1.165, 1.54) is 6.07 Å². The largest absolute Gasteiger partial charge is 0.387 e. The molecule has 3 N–H and O–H groups in total. The molecule has 5 heteroatoms. The molecule has 0 saturated heterocycles. The number of aliphatic hydroxyl groups excluding tert-OH is 1. The van der Waals surface area contributed by atoms with Gasteiger partial charge in [0, 0.05) is 16.6 Å². The first-order valence-corrected chi connectivity index (χ1v) is 5.15. The van der Waals surface area contributed by atoms with Crippen molar-refractivity contribution < 1.29 is 5.11 Å². The van der Waals surface area contributed by atoms with E-state index in [0.29, 0.717) is 20.6 Å². The highest BCUT2D eigenvalue weighted by molar-refractivity contribution is 6.43. The van der Waals surface area contributed by atoms with E-state index in [1.54, 1.807) is 13.0 Å². The Morgan fingerprint density at radius 2 is 1.86 bits per heavy atom. The summed E-state index contributed by atoms with van der Waals surface area (Å²) in [5, 5.41) is 10.7. The van der Waals surface area contributed by atoms with Crippen molar-refractivity contribution in [3.05, 3.63) is 32.8 Å². The minimum atomic E-state index is -0.862. The summed E-state index contributed by atoms with van der Waals surface area (Å²) in [5.74, 6) is 0. The molecule has 1 aromatic carbocycles. The Bertz CT molecular complexity index is 341. The summed E-state index contributed by atoms with van der Waals surface area (Å²) in [6.45, 7) is 1.68. The molecule has 0 radical (unpaired) electrons. The topological polar surface area (TPSA) is 46.2 Å². The van der Waals surface area contributed by atoms with Crippen molar-refractivity contribution in [1.29, 1.82) is 0 Å². The van der Waals surface area contributed by atoms with Crippen molar-refractivity contribution in [3.63, 3.8) is 0 Å². The third-order valence-electron chi connectivity index (χ3n) is 1.84. The molecule has 0 aliphatic heterocycles. The van der Waals surface area contributed by atoms with E-state index in [2.05, 4.69) is 0 Å². The molecule has 0 spiro atoms. The summed E-state index contributed by atoms with van der Waals surface area (Å²) in [6.07, 6.45) is -0.862. The van der Waals surface area contributed by atoms with Crippen molar-refractivity contribution in [2.24, 2.45) is 5.73 Å². The minimum absolute atomic E-state index is 0.292. The molecule has 0 aromatic heterocycles. The molecule has 2 nitrogen and oxygen atoms in total. The number of halogens is 3. The molecule has 0 heterocycles. The molecule has 0 unspecified atom stereocenters. The van der Waals surface area contributed by atoms with E-state index in [9.17, 15) is 5.11 Å². The molecule has 0 aliphatic rings. The highest BCUT2D eigenvalue weighted by Crippen LogP contribution is 2.34. The van der Waals surface area contributed by atoms with E-state index >= 15 is 0 Å². The van der Waals surface area contributed by atoms with Crippen molar-refractivity contribution in [2.75, 3.05) is 0 Å². The van der Waals surface area contributed by atoms with Gasteiger partial charge in [-0.1, -0.05) is 34.8 Å². The number of benzene rings is 1. The fourth-order valence-corrected chi connectivity index (χ4v) is 1.80. The van der Waals surface area contributed by atoms with E-state index in [4.69, 9.17) is 40.5 Å². The van der Waals surface area contributed by atoms with E-state index < -0.39 is 12.1 Å². The zero-order valence-corrected chi connectivity index (χ0v) is 9.74. The average molecular weight is 255 g/mol. The van der Waals surface area contributed by atoms with Crippen LogP contribution in [0.2, 0.25) is 15.1 Å². The van der Waals surface area contributed by atoms with Gasteiger partial charge in [0.1, 0.15) is 0 Å². The summed E-state index contributed by atoms with van der Waals surface area (Å²) in [6, 6.07) is 2.65. The molecule has 1 aromatic rings. The molecular formula is C9H10Cl3NO. The smallest absolute Gasteiger partial charge is 0.0953 e. The molecular weight excluding hydrogens is 244 g/mol. The summed E-state index contributed by atoms with van der Waals surface area (Å²) in [5.41, 5.74) is 6.00. The maximum absolute atomic E-state index is 9.70. The van der Waals surface area contributed by atoms with Crippen LogP contribution in [0.3, 0.4) is 0 Å². The van der Waals surface area contributed by atoms with Crippen LogP contribution in [0.15, 0.2) is 12.1 Å².